The average molecular weight is 432 g/mol. The van der Waals surface area contributed by atoms with Crippen molar-refractivity contribution in [1.29, 1.82) is 0 Å². The number of carbonyl (C=O) groups excluding carboxylic acids is 2. The maximum Gasteiger partial charge on any atom is 0.233 e. The number of carbonyl (C=O) groups is 2. The van der Waals surface area contributed by atoms with Crippen LogP contribution in [0.4, 0.5) is 5.69 Å². The Morgan fingerprint density at radius 2 is 1.81 bits per heavy atom. The first-order chi connectivity index (χ1) is 15.6. The standard InChI is InChI=1S/C26H29N3O3/c27-15-24(26(31)29-22-9-6-21-16-28-13-12-20(21)14-22)18-7-10-23(11-8-18)32-17-25(30)19-4-2-1-3-5-19/h6-14,16,19,24H,1-5,15,17,27H2,(H,29,31). The van der Waals surface area contributed by atoms with Crippen LogP contribution < -0.4 is 15.8 Å². The zero-order valence-corrected chi connectivity index (χ0v) is 18.1. The van der Waals surface area contributed by atoms with Crippen molar-refractivity contribution < 1.29 is 14.3 Å². The number of hydrogen-bond acceptors (Lipinski definition) is 5. The van der Waals surface area contributed by atoms with Crippen molar-refractivity contribution in [3.8, 4) is 5.75 Å². The summed E-state index contributed by atoms with van der Waals surface area (Å²) in [7, 11) is 0. The molecular weight excluding hydrogens is 402 g/mol. The molecule has 1 aliphatic rings. The van der Waals surface area contributed by atoms with E-state index in [1.165, 1.54) is 6.42 Å². The topological polar surface area (TPSA) is 94.3 Å². The second-order valence-corrected chi connectivity index (χ2v) is 8.37. The van der Waals surface area contributed by atoms with Crippen molar-refractivity contribution in [2.75, 3.05) is 18.5 Å². The molecular formula is C26H29N3O3. The van der Waals surface area contributed by atoms with Crippen molar-refractivity contribution >= 4 is 28.2 Å². The summed E-state index contributed by atoms with van der Waals surface area (Å²) in [5, 5.41) is 4.98. The number of nitrogens with zero attached hydrogens (tertiary/aromatic N) is 1. The molecule has 1 atom stereocenters. The van der Waals surface area contributed by atoms with Crippen LogP contribution >= 0.6 is 0 Å². The Morgan fingerprint density at radius 3 is 2.56 bits per heavy atom. The van der Waals surface area contributed by atoms with Gasteiger partial charge in [-0.25, -0.2) is 0 Å². The molecule has 0 radical (unpaired) electrons. The first-order valence-corrected chi connectivity index (χ1v) is 11.2. The summed E-state index contributed by atoms with van der Waals surface area (Å²) in [6, 6.07) is 14.9. The van der Waals surface area contributed by atoms with Gasteiger partial charge in [-0.2, -0.15) is 0 Å². The molecule has 32 heavy (non-hydrogen) atoms. The molecule has 0 spiro atoms. The third-order valence-electron chi connectivity index (χ3n) is 6.18. The predicted molar refractivity (Wildman–Crippen MR) is 126 cm³/mol. The van der Waals surface area contributed by atoms with Gasteiger partial charge in [0, 0.05) is 35.9 Å². The van der Waals surface area contributed by atoms with Crippen molar-refractivity contribution in [2.24, 2.45) is 11.7 Å². The predicted octanol–water partition coefficient (Wildman–Crippen LogP) is 4.44. The summed E-state index contributed by atoms with van der Waals surface area (Å²) in [6.45, 7) is 0.284. The van der Waals surface area contributed by atoms with Crippen LogP contribution in [0.2, 0.25) is 0 Å². The molecule has 1 aliphatic carbocycles. The Balaban J connectivity index is 1.36. The van der Waals surface area contributed by atoms with E-state index < -0.39 is 5.92 Å². The minimum atomic E-state index is -0.485. The Hall–Kier alpha value is -3.25. The molecule has 166 valence electrons. The van der Waals surface area contributed by atoms with E-state index in [1.54, 1.807) is 24.5 Å². The number of Topliss-reactive ketones (excluding diaryl/α,β-unsaturated/α-hetero) is 1. The van der Waals surface area contributed by atoms with Crippen LogP contribution in [0.25, 0.3) is 10.8 Å². The molecule has 1 heterocycles. The normalized spacial score (nSPS) is 15.3. The number of aromatic nitrogens is 1. The highest BCUT2D eigenvalue weighted by atomic mass is 16.5. The van der Waals surface area contributed by atoms with E-state index in [0.29, 0.717) is 11.4 Å². The monoisotopic (exact) mass is 431 g/mol. The second-order valence-electron chi connectivity index (χ2n) is 8.37. The van der Waals surface area contributed by atoms with Crippen molar-refractivity contribution in [3.63, 3.8) is 0 Å². The molecule has 3 N–H and O–H groups in total. The summed E-state index contributed by atoms with van der Waals surface area (Å²) in [5.41, 5.74) is 7.45. The lowest BCUT2D eigenvalue weighted by molar-refractivity contribution is -0.125. The number of fused-ring (bicyclic) bond motifs is 1. The molecule has 6 heteroatoms. The lowest BCUT2D eigenvalue weighted by atomic mass is 9.86. The number of nitrogens with two attached hydrogens (primary N) is 1. The van der Waals surface area contributed by atoms with E-state index in [4.69, 9.17) is 10.5 Å². The van der Waals surface area contributed by atoms with Crippen LogP contribution in [0.15, 0.2) is 60.9 Å². The lowest BCUT2D eigenvalue weighted by Crippen LogP contribution is -2.27. The van der Waals surface area contributed by atoms with Crippen LogP contribution in [0.5, 0.6) is 5.75 Å². The molecule has 0 aliphatic heterocycles. The zero-order chi connectivity index (χ0) is 22.3. The van der Waals surface area contributed by atoms with Crippen LogP contribution in [-0.2, 0) is 9.59 Å². The molecule has 1 aromatic heterocycles. The van der Waals surface area contributed by atoms with Crippen LogP contribution in [0.1, 0.15) is 43.6 Å². The van der Waals surface area contributed by atoms with Gasteiger partial charge in [-0.3, -0.25) is 14.6 Å². The number of ketones is 1. The van der Waals surface area contributed by atoms with Crippen LogP contribution in [0, 0.1) is 5.92 Å². The number of pyridine rings is 1. The second kappa shape index (κ2) is 10.4. The van der Waals surface area contributed by atoms with E-state index in [0.717, 1.165) is 42.0 Å². The molecule has 1 amide bonds. The maximum absolute atomic E-state index is 12.9. The van der Waals surface area contributed by atoms with E-state index in [2.05, 4.69) is 10.3 Å². The molecule has 1 unspecified atom stereocenters. The molecule has 1 saturated carbocycles. The third kappa shape index (κ3) is 5.32. The van der Waals surface area contributed by atoms with E-state index >= 15 is 0 Å². The summed E-state index contributed by atoms with van der Waals surface area (Å²) in [6.07, 6.45) is 8.94. The van der Waals surface area contributed by atoms with E-state index in [9.17, 15) is 9.59 Å². The molecule has 0 saturated heterocycles. The van der Waals surface area contributed by atoms with Crippen LogP contribution in [0.3, 0.4) is 0 Å². The highest BCUT2D eigenvalue weighted by Crippen LogP contribution is 2.26. The van der Waals surface area contributed by atoms with Gasteiger partial charge in [0.2, 0.25) is 5.91 Å². The smallest absolute Gasteiger partial charge is 0.233 e. The fraction of sp³-hybridized carbons (Fsp3) is 0.346. The number of rotatable bonds is 8. The SMILES string of the molecule is NCC(C(=O)Nc1ccc2cnccc2c1)c1ccc(OCC(=O)C2CCCCC2)cc1. The molecule has 6 nitrogen and oxygen atoms in total. The minimum Gasteiger partial charge on any atom is -0.486 e. The number of benzene rings is 2. The summed E-state index contributed by atoms with van der Waals surface area (Å²) in [4.78, 5) is 29.3. The van der Waals surface area contributed by atoms with E-state index in [1.807, 2.05) is 36.4 Å². The van der Waals surface area contributed by atoms with Gasteiger partial charge < -0.3 is 15.8 Å². The number of nitrogens with one attached hydrogen (secondary N) is 1. The van der Waals surface area contributed by atoms with Gasteiger partial charge in [0.25, 0.3) is 0 Å². The molecule has 1 fully saturated rings. The first-order valence-electron chi connectivity index (χ1n) is 11.2. The van der Waals surface area contributed by atoms with Gasteiger partial charge in [-0.1, -0.05) is 37.5 Å². The first kappa shape index (κ1) is 22.0. The number of hydrogen-bond donors (Lipinski definition) is 2. The molecule has 2 aromatic carbocycles. The fourth-order valence-electron chi connectivity index (χ4n) is 4.28. The average Bonchev–Trinajstić information content (AvgIpc) is 2.84. The van der Waals surface area contributed by atoms with Gasteiger partial charge in [0.05, 0.1) is 5.92 Å². The largest absolute Gasteiger partial charge is 0.486 e. The highest BCUT2D eigenvalue weighted by molar-refractivity contribution is 5.98. The van der Waals surface area contributed by atoms with Crippen molar-refractivity contribution in [2.45, 2.75) is 38.0 Å². The molecule has 3 aromatic rings. The quantitative estimate of drug-likeness (QED) is 0.550. The lowest BCUT2D eigenvalue weighted by Gasteiger charge is -2.20. The summed E-state index contributed by atoms with van der Waals surface area (Å²) in [5.74, 6) is 0.291. The van der Waals surface area contributed by atoms with Gasteiger partial charge in [-0.05, 0) is 54.1 Å². The minimum absolute atomic E-state index is 0.0995. The number of amides is 1. The van der Waals surface area contributed by atoms with Crippen LogP contribution in [-0.4, -0.2) is 29.8 Å². The Labute approximate surface area is 188 Å². The van der Waals surface area contributed by atoms with Gasteiger partial charge in [0.15, 0.2) is 5.78 Å². The maximum atomic E-state index is 12.9. The van der Waals surface area contributed by atoms with Crippen molar-refractivity contribution in [3.05, 3.63) is 66.5 Å². The van der Waals surface area contributed by atoms with Gasteiger partial charge >= 0.3 is 0 Å². The summed E-state index contributed by atoms with van der Waals surface area (Å²) >= 11 is 0. The van der Waals surface area contributed by atoms with Gasteiger partial charge in [-0.15, -0.1) is 0 Å². The Morgan fingerprint density at radius 1 is 1.03 bits per heavy atom. The molecule has 4 rings (SSSR count). The summed E-state index contributed by atoms with van der Waals surface area (Å²) < 4.78 is 5.70. The Bertz CT molecular complexity index is 1080. The number of ether oxygens (including phenoxy) is 1. The van der Waals surface area contributed by atoms with Gasteiger partial charge in [0.1, 0.15) is 12.4 Å². The Kier molecular flexibility index (Phi) is 7.12. The zero-order valence-electron chi connectivity index (χ0n) is 18.1. The van der Waals surface area contributed by atoms with Crippen molar-refractivity contribution in [1.82, 2.24) is 4.98 Å². The van der Waals surface area contributed by atoms with E-state index in [-0.39, 0.29) is 30.8 Å². The molecule has 0 bridgehead atoms. The third-order valence-corrected chi connectivity index (χ3v) is 6.18. The number of anilines is 1. The highest BCUT2D eigenvalue weighted by Gasteiger charge is 2.22. The fourth-order valence-corrected chi connectivity index (χ4v) is 4.28.